The lowest BCUT2D eigenvalue weighted by molar-refractivity contribution is -0.121. The first-order valence-electron chi connectivity index (χ1n) is 6.55. The standard InChI is InChI=1S/C15H22N2O2/c1-4-5-6-7-15(18)17-16-12(2)13-8-10-14(19-3)11-9-13/h8-11,16H,2,4-7H2,1,3H3,(H,17,18). The first-order valence-corrected chi connectivity index (χ1v) is 6.55. The van der Waals surface area contributed by atoms with Gasteiger partial charge in [-0.25, -0.2) is 0 Å². The van der Waals surface area contributed by atoms with Crippen LogP contribution in [-0.4, -0.2) is 13.0 Å². The lowest BCUT2D eigenvalue weighted by Crippen LogP contribution is -2.35. The highest BCUT2D eigenvalue weighted by Crippen LogP contribution is 2.15. The molecule has 2 N–H and O–H groups in total. The molecule has 0 saturated heterocycles. The van der Waals surface area contributed by atoms with Gasteiger partial charge in [0.15, 0.2) is 0 Å². The van der Waals surface area contributed by atoms with E-state index in [1.54, 1.807) is 7.11 Å². The topological polar surface area (TPSA) is 50.4 Å². The minimum Gasteiger partial charge on any atom is -0.497 e. The van der Waals surface area contributed by atoms with Crippen molar-refractivity contribution >= 4 is 11.6 Å². The Kier molecular flexibility index (Phi) is 6.50. The van der Waals surface area contributed by atoms with Crippen molar-refractivity contribution in [1.82, 2.24) is 10.9 Å². The van der Waals surface area contributed by atoms with Gasteiger partial charge in [-0.2, -0.15) is 0 Å². The zero-order chi connectivity index (χ0) is 14.1. The van der Waals surface area contributed by atoms with Crippen LogP contribution in [0.5, 0.6) is 5.75 Å². The normalized spacial score (nSPS) is 9.79. The number of ether oxygens (including phenoxy) is 1. The van der Waals surface area contributed by atoms with Crippen molar-refractivity contribution in [2.45, 2.75) is 32.6 Å². The average molecular weight is 262 g/mol. The lowest BCUT2D eigenvalue weighted by atomic mass is 10.2. The fraction of sp³-hybridized carbons (Fsp3) is 0.400. The molecule has 104 valence electrons. The molecule has 1 aromatic carbocycles. The highest BCUT2D eigenvalue weighted by molar-refractivity contribution is 5.77. The summed E-state index contributed by atoms with van der Waals surface area (Å²) in [6, 6.07) is 7.48. The van der Waals surface area contributed by atoms with Crippen LogP contribution in [0.25, 0.3) is 5.70 Å². The molecule has 0 bridgehead atoms. The van der Waals surface area contributed by atoms with Gasteiger partial charge in [0.05, 0.1) is 12.8 Å². The number of hydrogen-bond acceptors (Lipinski definition) is 3. The molecule has 0 radical (unpaired) electrons. The van der Waals surface area contributed by atoms with E-state index in [1.807, 2.05) is 24.3 Å². The molecule has 0 fully saturated rings. The van der Waals surface area contributed by atoms with Gasteiger partial charge in [-0.1, -0.05) is 26.3 Å². The summed E-state index contributed by atoms with van der Waals surface area (Å²) < 4.78 is 5.08. The minimum atomic E-state index is -0.0110. The quantitative estimate of drug-likeness (QED) is 0.559. The van der Waals surface area contributed by atoms with Gasteiger partial charge in [0.25, 0.3) is 0 Å². The highest BCUT2D eigenvalue weighted by atomic mass is 16.5. The zero-order valence-corrected chi connectivity index (χ0v) is 11.7. The molecule has 0 atom stereocenters. The van der Waals surface area contributed by atoms with Crippen molar-refractivity contribution in [3.8, 4) is 5.75 Å². The van der Waals surface area contributed by atoms with Crippen molar-refractivity contribution in [1.29, 1.82) is 0 Å². The van der Waals surface area contributed by atoms with Crippen molar-refractivity contribution in [2.24, 2.45) is 0 Å². The summed E-state index contributed by atoms with van der Waals surface area (Å²) in [5.74, 6) is 0.781. The molecule has 0 aliphatic carbocycles. The predicted octanol–water partition coefficient (Wildman–Crippen LogP) is 2.87. The maximum absolute atomic E-state index is 11.5. The van der Waals surface area contributed by atoms with Gasteiger partial charge >= 0.3 is 0 Å². The number of hydrogen-bond donors (Lipinski definition) is 2. The van der Waals surface area contributed by atoms with Crippen LogP contribution < -0.4 is 15.6 Å². The number of methoxy groups -OCH3 is 1. The molecule has 1 aromatic rings. The van der Waals surface area contributed by atoms with Crippen LogP contribution in [0.15, 0.2) is 30.8 Å². The van der Waals surface area contributed by atoms with Gasteiger partial charge in [0.1, 0.15) is 5.75 Å². The first kappa shape index (κ1) is 15.1. The third kappa shape index (κ3) is 5.46. The van der Waals surface area contributed by atoms with Crippen LogP contribution >= 0.6 is 0 Å². The maximum atomic E-state index is 11.5. The Hall–Kier alpha value is -1.97. The molecule has 0 spiro atoms. The van der Waals surface area contributed by atoms with Crippen LogP contribution in [0.4, 0.5) is 0 Å². The zero-order valence-electron chi connectivity index (χ0n) is 11.7. The third-order valence-electron chi connectivity index (χ3n) is 2.80. The number of unbranched alkanes of at least 4 members (excludes halogenated alkanes) is 2. The summed E-state index contributed by atoms with van der Waals surface area (Å²) in [6.07, 6.45) is 3.64. The fourth-order valence-electron chi connectivity index (χ4n) is 1.61. The summed E-state index contributed by atoms with van der Waals surface area (Å²) in [5, 5.41) is 0. The second kappa shape index (κ2) is 8.19. The molecule has 1 rings (SSSR count). The highest BCUT2D eigenvalue weighted by Gasteiger charge is 2.02. The smallest absolute Gasteiger partial charge is 0.238 e. The maximum Gasteiger partial charge on any atom is 0.238 e. The van der Waals surface area contributed by atoms with Gasteiger partial charge in [0.2, 0.25) is 5.91 Å². The second-order valence-electron chi connectivity index (χ2n) is 4.34. The lowest BCUT2D eigenvalue weighted by Gasteiger charge is -2.11. The molecular weight excluding hydrogens is 240 g/mol. The summed E-state index contributed by atoms with van der Waals surface area (Å²) in [4.78, 5) is 11.5. The average Bonchev–Trinajstić information content (AvgIpc) is 2.45. The molecule has 1 amide bonds. The summed E-state index contributed by atoms with van der Waals surface area (Å²) in [7, 11) is 1.62. The van der Waals surface area contributed by atoms with E-state index >= 15 is 0 Å². The van der Waals surface area contributed by atoms with Crippen LogP contribution in [0.2, 0.25) is 0 Å². The van der Waals surface area contributed by atoms with Gasteiger partial charge in [-0.05, 0) is 36.2 Å². The van der Waals surface area contributed by atoms with Gasteiger partial charge < -0.3 is 4.74 Å². The fourth-order valence-corrected chi connectivity index (χ4v) is 1.61. The molecule has 0 saturated carbocycles. The molecular formula is C15H22N2O2. The Bertz CT molecular complexity index is 413. The Morgan fingerprint density at radius 3 is 2.47 bits per heavy atom. The Balaban J connectivity index is 2.35. The Morgan fingerprint density at radius 1 is 1.21 bits per heavy atom. The molecule has 0 heterocycles. The molecule has 0 aliphatic heterocycles. The van der Waals surface area contributed by atoms with Crippen LogP contribution in [0.1, 0.15) is 38.2 Å². The SMILES string of the molecule is C=C(NNC(=O)CCCCC)c1ccc(OC)cc1. The number of hydrazine groups is 1. The van der Waals surface area contributed by atoms with Crippen LogP contribution in [0.3, 0.4) is 0 Å². The van der Waals surface area contributed by atoms with Crippen molar-refractivity contribution in [3.63, 3.8) is 0 Å². The molecule has 0 aliphatic rings. The number of carbonyl (C=O) groups excluding carboxylic acids is 1. The molecule has 19 heavy (non-hydrogen) atoms. The van der Waals surface area contributed by atoms with Crippen molar-refractivity contribution in [2.75, 3.05) is 7.11 Å². The monoisotopic (exact) mass is 262 g/mol. The predicted molar refractivity (Wildman–Crippen MR) is 77.4 cm³/mol. The summed E-state index contributed by atoms with van der Waals surface area (Å²) in [5.41, 5.74) is 7.05. The van der Waals surface area contributed by atoms with Crippen LogP contribution in [-0.2, 0) is 4.79 Å². The number of benzene rings is 1. The minimum absolute atomic E-state index is 0.0110. The van der Waals surface area contributed by atoms with E-state index in [-0.39, 0.29) is 5.91 Å². The van der Waals surface area contributed by atoms with Crippen molar-refractivity contribution < 1.29 is 9.53 Å². The number of amides is 1. The second-order valence-corrected chi connectivity index (χ2v) is 4.34. The third-order valence-corrected chi connectivity index (χ3v) is 2.80. The summed E-state index contributed by atoms with van der Waals surface area (Å²) in [6.45, 7) is 5.99. The first-order chi connectivity index (χ1) is 9.17. The number of rotatable bonds is 8. The Labute approximate surface area is 114 Å². The van der Waals surface area contributed by atoms with Gasteiger partial charge in [-0.3, -0.25) is 15.6 Å². The van der Waals surface area contributed by atoms with Gasteiger partial charge in [0, 0.05) is 6.42 Å². The Morgan fingerprint density at radius 2 is 1.89 bits per heavy atom. The van der Waals surface area contributed by atoms with Crippen molar-refractivity contribution in [3.05, 3.63) is 36.4 Å². The number of carbonyl (C=O) groups is 1. The largest absolute Gasteiger partial charge is 0.497 e. The van der Waals surface area contributed by atoms with E-state index in [9.17, 15) is 4.79 Å². The molecule has 0 unspecified atom stereocenters. The van der Waals surface area contributed by atoms with E-state index in [1.165, 1.54) is 0 Å². The summed E-state index contributed by atoms with van der Waals surface area (Å²) >= 11 is 0. The van der Waals surface area contributed by atoms with E-state index in [4.69, 9.17) is 4.74 Å². The number of nitrogens with one attached hydrogen (secondary N) is 2. The molecule has 4 heteroatoms. The van der Waals surface area contributed by atoms with E-state index in [0.29, 0.717) is 12.1 Å². The molecule has 4 nitrogen and oxygen atoms in total. The molecule has 0 aromatic heterocycles. The van der Waals surface area contributed by atoms with E-state index < -0.39 is 0 Å². The van der Waals surface area contributed by atoms with E-state index in [0.717, 1.165) is 30.6 Å². The van der Waals surface area contributed by atoms with E-state index in [2.05, 4.69) is 24.4 Å². The van der Waals surface area contributed by atoms with Gasteiger partial charge in [-0.15, -0.1) is 0 Å². The van der Waals surface area contributed by atoms with Crippen LogP contribution in [0, 0.1) is 0 Å².